The van der Waals surface area contributed by atoms with Crippen LogP contribution in [0.25, 0.3) is 0 Å². The molecule has 1 heterocycles. The summed E-state index contributed by atoms with van der Waals surface area (Å²) in [4.78, 5) is 16.2. The molecule has 1 aromatic heterocycles. The van der Waals surface area contributed by atoms with Crippen LogP contribution >= 0.6 is 0 Å². The average Bonchev–Trinajstić information content (AvgIpc) is 2.52. The summed E-state index contributed by atoms with van der Waals surface area (Å²) < 4.78 is 0. The second kappa shape index (κ2) is 7.43. The zero-order valence-electron chi connectivity index (χ0n) is 12.5. The summed E-state index contributed by atoms with van der Waals surface area (Å²) in [5.41, 5.74) is 2.44. The largest absolute Gasteiger partial charge is 0.384 e. The average molecular weight is 283 g/mol. The van der Waals surface area contributed by atoms with E-state index in [1.165, 1.54) is 0 Å². The van der Waals surface area contributed by atoms with Crippen molar-refractivity contribution >= 4 is 11.6 Å². The highest BCUT2D eigenvalue weighted by atomic mass is 16.1. The highest BCUT2D eigenvalue weighted by Gasteiger charge is 2.06. The van der Waals surface area contributed by atoms with Crippen molar-refractivity contribution in [3.63, 3.8) is 0 Å². The minimum atomic E-state index is -0.158. The molecule has 0 saturated heterocycles. The van der Waals surface area contributed by atoms with Gasteiger partial charge in [0.15, 0.2) is 0 Å². The summed E-state index contributed by atoms with van der Waals surface area (Å²) in [6.45, 7) is 5.69. The molecule has 4 nitrogen and oxygen atoms in total. The van der Waals surface area contributed by atoms with Crippen molar-refractivity contribution in [1.82, 2.24) is 10.3 Å². The van der Waals surface area contributed by atoms with Gasteiger partial charge in [0.25, 0.3) is 5.91 Å². The first kappa shape index (κ1) is 15.0. The maximum absolute atomic E-state index is 12.0. The Morgan fingerprint density at radius 1 is 1.14 bits per heavy atom. The lowest BCUT2D eigenvalue weighted by atomic mass is 10.2. The van der Waals surface area contributed by atoms with Gasteiger partial charge in [-0.2, -0.15) is 0 Å². The minimum Gasteiger partial charge on any atom is -0.384 e. The minimum absolute atomic E-state index is 0.158. The molecule has 1 amide bonds. The van der Waals surface area contributed by atoms with Crippen molar-refractivity contribution in [1.29, 1.82) is 0 Å². The van der Waals surface area contributed by atoms with Crippen LogP contribution in [0.1, 0.15) is 29.9 Å². The van der Waals surface area contributed by atoms with Crippen molar-refractivity contribution < 1.29 is 4.79 Å². The molecule has 0 spiro atoms. The van der Waals surface area contributed by atoms with Crippen LogP contribution in [0, 0.1) is 5.92 Å². The van der Waals surface area contributed by atoms with E-state index in [0.29, 0.717) is 18.2 Å². The molecule has 2 rings (SSSR count). The molecule has 0 unspecified atom stereocenters. The number of rotatable bonds is 6. The molecule has 4 heteroatoms. The fraction of sp³-hybridized carbons (Fsp3) is 0.294. The van der Waals surface area contributed by atoms with Crippen LogP contribution < -0.4 is 10.6 Å². The van der Waals surface area contributed by atoms with Crippen molar-refractivity contribution in [2.24, 2.45) is 5.92 Å². The number of pyridine rings is 1. The number of aromatic nitrogens is 1. The Morgan fingerprint density at radius 3 is 2.52 bits per heavy atom. The Kier molecular flexibility index (Phi) is 5.32. The lowest BCUT2D eigenvalue weighted by Crippen LogP contribution is -2.23. The maximum atomic E-state index is 12.0. The van der Waals surface area contributed by atoms with Gasteiger partial charge in [-0.3, -0.25) is 4.79 Å². The molecule has 0 aliphatic carbocycles. The smallest absolute Gasteiger partial charge is 0.270 e. The van der Waals surface area contributed by atoms with Crippen LogP contribution in [-0.2, 0) is 6.54 Å². The number of amides is 1. The zero-order chi connectivity index (χ0) is 15.1. The van der Waals surface area contributed by atoms with E-state index in [1.807, 2.05) is 36.4 Å². The first-order chi connectivity index (χ1) is 10.1. The summed E-state index contributed by atoms with van der Waals surface area (Å²) in [5.74, 6) is 0.410. The quantitative estimate of drug-likeness (QED) is 0.856. The molecule has 0 fully saturated rings. The van der Waals surface area contributed by atoms with Crippen LogP contribution in [0.5, 0.6) is 0 Å². The van der Waals surface area contributed by atoms with Gasteiger partial charge in [-0.15, -0.1) is 0 Å². The van der Waals surface area contributed by atoms with Gasteiger partial charge in [0.05, 0.1) is 11.9 Å². The van der Waals surface area contributed by atoms with Gasteiger partial charge < -0.3 is 10.6 Å². The summed E-state index contributed by atoms with van der Waals surface area (Å²) >= 11 is 0. The normalized spacial score (nSPS) is 10.4. The predicted molar refractivity (Wildman–Crippen MR) is 85.2 cm³/mol. The number of carbonyl (C=O) groups excluding carboxylic acids is 1. The Balaban J connectivity index is 1.88. The van der Waals surface area contributed by atoms with Crippen LogP contribution in [0.2, 0.25) is 0 Å². The van der Waals surface area contributed by atoms with E-state index in [2.05, 4.69) is 29.5 Å². The van der Waals surface area contributed by atoms with E-state index in [9.17, 15) is 4.79 Å². The number of carbonyl (C=O) groups is 1. The molecule has 0 radical (unpaired) electrons. The van der Waals surface area contributed by atoms with Gasteiger partial charge in [-0.1, -0.05) is 44.2 Å². The molecular formula is C17H21N3O. The molecule has 2 aromatic rings. The molecular weight excluding hydrogens is 262 g/mol. The van der Waals surface area contributed by atoms with Crippen molar-refractivity contribution in [2.75, 3.05) is 11.9 Å². The monoisotopic (exact) mass is 283 g/mol. The SMILES string of the molecule is CC(C)CNc1ccc(C(=O)NCc2ccccc2)nc1. The molecule has 0 atom stereocenters. The van der Waals surface area contributed by atoms with Gasteiger partial charge in [0, 0.05) is 13.1 Å². The Bertz CT molecular complexity index is 564. The molecule has 21 heavy (non-hydrogen) atoms. The van der Waals surface area contributed by atoms with E-state index in [-0.39, 0.29) is 5.91 Å². The number of nitrogens with one attached hydrogen (secondary N) is 2. The lowest BCUT2D eigenvalue weighted by molar-refractivity contribution is 0.0946. The number of hydrogen-bond acceptors (Lipinski definition) is 3. The summed E-state index contributed by atoms with van der Waals surface area (Å²) in [5, 5.41) is 6.14. The second-order valence-electron chi connectivity index (χ2n) is 5.38. The third-order valence-electron chi connectivity index (χ3n) is 3.01. The van der Waals surface area contributed by atoms with Crippen molar-refractivity contribution in [3.05, 3.63) is 59.9 Å². The first-order valence-corrected chi connectivity index (χ1v) is 7.17. The Hall–Kier alpha value is -2.36. The van der Waals surface area contributed by atoms with E-state index < -0.39 is 0 Å². The van der Waals surface area contributed by atoms with Crippen LogP contribution in [0.4, 0.5) is 5.69 Å². The zero-order valence-corrected chi connectivity index (χ0v) is 12.5. The van der Waals surface area contributed by atoms with Gasteiger partial charge in [-0.25, -0.2) is 4.98 Å². The molecule has 0 aliphatic heterocycles. The summed E-state index contributed by atoms with van der Waals surface area (Å²) in [7, 11) is 0. The number of anilines is 1. The fourth-order valence-corrected chi connectivity index (χ4v) is 1.82. The molecule has 0 aliphatic rings. The highest BCUT2D eigenvalue weighted by molar-refractivity contribution is 5.92. The molecule has 2 N–H and O–H groups in total. The van der Waals surface area contributed by atoms with Crippen molar-refractivity contribution in [3.8, 4) is 0 Å². The highest BCUT2D eigenvalue weighted by Crippen LogP contribution is 2.07. The lowest BCUT2D eigenvalue weighted by Gasteiger charge is -2.09. The standard InChI is InChI=1S/C17H21N3O/c1-13(2)10-18-15-8-9-16(19-12-15)17(21)20-11-14-6-4-3-5-7-14/h3-9,12-13,18H,10-11H2,1-2H3,(H,20,21). The van der Waals surface area contributed by atoms with E-state index in [4.69, 9.17) is 0 Å². The van der Waals surface area contributed by atoms with Gasteiger partial charge in [-0.05, 0) is 23.6 Å². The third-order valence-corrected chi connectivity index (χ3v) is 3.01. The molecule has 0 bridgehead atoms. The molecule has 1 aromatic carbocycles. The van der Waals surface area contributed by atoms with Gasteiger partial charge >= 0.3 is 0 Å². The van der Waals surface area contributed by atoms with E-state index in [1.54, 1.807) is 12.3 Å². The van der Waals surface area contributed by atoms with Crippen LogP contribution in [0.15, 0.2) is 48.7 Å². The predicted octanol–water partition coefficient (Wildman–Crippen LogP) is 3.08. The van der Waals surface area contributed by atoms with Gasteiger partial charge in [0.2, 0.25) is 0 Å². The Labute approximate surface area is 125 Å². The fourth-order valence-electron chi connectivity index (χ4n) is 1.82. The van der Waals surface area contributed by atoms with Gasteiger partial charge in [0.1, 0.15) is 5.69 Å². The van der Waals surface area contributed by atoms with Crippen LogP contribution in [0.3, 0.4) is 0 Å². The second-order valence-corrected chi connectivity index (χ2v) is 5.38. The topological polar surface area (TPSA) is 54.0 Å². The number of nitrogens with zero attached hydrogens (tertiary/aromatic N) is 1. The number of benzene rings is 1. The van der Waals surface area contributed by atoms with Crippen LogP contribution in [-0.4, -0.2) is 17.4 Å². The molecule has 110 valence electrons. The Morgan fingerprint density at radius 2 is 1.90 bits per heavy atom. The van der Waals surface area contributed by atoms with E-state index >= 15 is 0 Å². The summed E-state index contributed by atoms with van der Waals surface area (Å²) in [6, 6.07) is 13.4. The number of hydrogen-bond donors (Lipinski definition) is 2. The first-order valence-electron chi connectivity index (χ1n) is 7.17. The third kappa shape index (κ3) is 4.91. The molecule has 0 saturated carbocycles. The van der Waals surface area contributed by atoms with Crippen molar-refractivity contribution in [2.45, 2.75) is 20.4 Å². The van der Waals surface area contributed by atoms with E-state index in [0.717, 1.165) is 17.8 Å². The maximum Gasteiger partial charge on any atom is 0.270 e. The summed E-state index contributed by atoms with van der Waals surface area (Å²) in [6.07, 6.45) is 1.69.